The van der Waals surface area contributed by atoms with Crippen molar-refractivity contribution < 1.29 is 4.79 Å². The molecule has 0 saturated heterocycles. The number of hydrogen-bond donors (Lipinski definition) is 2. The Morgan fingerprint density at radius 1 is 1.18 bits per heavy atom. The highest BCUT2D eigenvalue weighted by molar-refractivity contribution is 6.30. The van der Waals surface area contributed by atoms with Crippen molar-refractivity contribution in [1.29, 1.82) is 0 Å². The van der Waals surface area contributed by atoms with E-state index in [-0.39, 0.29) is 5.91 Å². The van der Waals surface area contributed by atoms with E-state index in [9.17, 15) is 4.79 Å². The van der Waals surface area contributed by atoms with Crippen molar-refractivity contribution >= 4 is 28.5 Å². The van der Waals surface area contributed by atoms with Crippen LogP contribution < -0.4 is 5.32 Å². The maximum atomic E-state index is 12.0. The van der Waals surface area contributed by atoms with Gasteiger partial charge in [-0.1, -0.05) is 29.8 Å². The van der Waals surface area contributed by atoms with Crippen LogP contribution >= 0.6 is 11.6 Å². The van der Waals surface area contributed by atoms with Crippen LogP contribution in [-0.2, 0) is 17.6 Å². The summed E-state index contributed by atoms with van der Waals surface area (Å²) in [7, 11) is 0. The van der Waals surface area contributed by atoms with Gasteiger partial charge in [-0.25, -0.2) is 4.98 Å². The number of imidazole rings is 1. The van der Waals surface area contributed by atoms with Gasteiger partial charge in [0.15, 0.2) is 0 Å². The lowest BCUT2D eigenvalue weighted by molar-refractivity contribution is -0.120. The molecule has 1 heterocycles. The summed E-state index contributed by atoms with van der Waals surface area (Å²) in [5, 5.41) is 3.65. The summed E-state index contributed by atoms with van der Waals surface area (Å²) in [6, 6.07) is 13.5. The third-order valence-corrected chi connectivity index (χ3v) is 3.71. The molecule has 112 valence electrons. The summed E-state index contributed by atoms with van der Waals surface area (Å²) in [6.07, 6.45) is 2.79. The zero-order valence-corrected chi connectivity index (χ0v) is 12.7. The minimum Gasteiger partial charge on any atom is -0.355 e. The predicted molar refractivity (Wildman–Crippen MR) is 88.0 cm³/mol. The predicted octanol–water partition coefficient (Wildman–Crippen LogP) is 3.12. The number of benzene rings is 2. The third-order valence-electron chi connectivity index (χ3n) is 3.47. The molecule has 5 heteroatoms. The fourth-order valence-electron chi connectivity index (χ4n) is 2.38. The van der Waals surface area contributed by atoms with Crippen molar-refractivity contribution in [2.45, 2.75) is 12.8 Å². The Kier molecular flexibility index (Phi) is 4.39. The number of aromatic amines is 1. The summed E-state index contributed by atoms with van der Waals surface area (Å²) >= 11 is 5.94. The minimum atomic E-state index is 0.0147. The van der Waals surface area contributed by atoms with E-state index in [1.807, 2.05) is 42.5 Å². The Balaban J connectivity index is 1.51. The van der Waals surface area contributed by atoms with Gasteiger partial charge in [0.1, 0.15) is 0 Å². The van der Waals surface area contributed by atoms with Gasteiger partial charge in [0.2, 0.25) is 5.91 Å². The van der Waals surface area contributed by atoms with Crippen LogP contribution in [0.5, 0.6) is 0 Å². The van der Waals surface area contributed by atoms with E-state index in [4.69, 9.17) is 11.6 Å². The van der Waals surface area contributed by atoms with E-state index in [0.29, 0.717) is 13.0 Å². The van der Waals surface area contributed by atoms with Gasteiger partial charge in [0, 0.05) is 11.6 Å². The fraction of sp³-hybridized carbons (Fsp3) is 0.176. The molecule has 3 rings (SSSR count). The van der Waals surface area contributed by atoms with E-state index in [0.717, 1.165) is 33.6 Å². The molecule has 0 saturated carbocycles. The number of H-pyrrole nitrogens is 1. The number of halogens is 1. The number of carbonyl (C=O) groups is 1. The lowest BCUT2D eigenvalue weighted by Crippen LogP contribution is -2.27. The molecule has 0 radical (unpaired) electrons. The van der Waals surface area contributed by atoms with Crippen molar-refractivity contribution in [3.8, 4) is 0 Å². The van der Waals surface area contributed by atoms with Gasteiger partial charge in [-0.05, 0) is 41.8 Å². The average molecular weight is 314 g/mol. The van der Waals surface area contributed by atoms with Gasteiger partial charge in [0.05, 0.1) is 23.8 Å². The molecular weight excluding hydrogens is 298 g/mol. The summed E-state index contributed by atoms with van der Waals surface area (Å²) in [6.45, 7) is 0.603. The average Bonchev–Trinajstić information content (AvgIpc) is 2.95. The van der Waals surface area contributed by atoms with Crippen LogP contribution in [0.4, 0.5) is 0 Å². The molecule has 2 aromatic carbocycles. The zero-order valence-electron chi connectivity index (χ0n) is 12.0. The highest BCUT2D eigenvalue weighted by atomic mass is 35.5. The van der Waals surface area contributed by atoms with Crippen molar-refractivity contribution in [2.75, 3.05) is 6.54 Å². The SMILES string of the molecule is O=C(Cc1ccc2nc[nH]c2c1)NCCc1cccc(Cl)c1. The van der Waals surface area contributed by atoms with E-state index in [1.54, 1.807) is 6.33 Å². The summed E-state index contributed by atoms with van der Waals surface area (Å²) in [4.78, 5) is 19.2. The Morgan fingerprint density at radius 2 is 2.09 bits per heavy atom. The van der Waals surface area contributed by atoms with E-state index < -0.39 is 0 Å². The number of carbonyl (C=O) groups excluding carboxylic acids is 1. The molecular formula is C17H16ClN3O. The topological polar surface area (TPSA) is 57.8 Å². The maximum absolute atomic E-state index is 12.0. The number of aromatic nitrogens is 2. The van der Waals surface area contributed by atoms with Gasteiger partial charge < -0.3 is 10.3 Å². The Morgan fingerprint density at radius 3 is 2.95 bits per heavy atom. The number of nitrogens with zero attached hydrogens (tertiary/aromatic N) is 1. The van der Waals surface area contributed by atoms with Gasteiger partial charge in [-0.3, -0.25) is 4.79 Å². The first kappa shape index (κ1) is 14.6. The molecule has 0 aliphatic heterocycles. The Labute approximate surface area is 133 Å². The van der Waals surface area contributed by atoms with Crippen molar-refractivity contribution in [3.63, 3.8) is 0 Å². The first-order chi connectivity index (χ1) is 10.7. The molecule has 4 nitrogen and oxygen atoms in total. The second-order valence-corrected chi connectivity index (χ2v) is 5.60. The zero-order chi connectivity index (χ0) is 15.4. The van der Waals surface area contributed by atoms with Crippen LogP contribution in [0.3, 0.4) is 0 Å². The number of nitrogens with one attached hydrogen (secondary N) is 2. The molecule has 0 bridgehead atoms. The highest BCUT2D eigenvalue weighted by Crippen LogP contribution is 2.12. The molecule has 22 heavy (non-hydrogen) atoms. The van der Waals surface area contributed by atoms with Crippen LogP contribution in [-0.4, -0.2) is 22.4 Å². The van der Waals surface area contributed by atoms with E-state index in [1.165, 1.54) is 0 Å². The van der Waals surface area contributed by atoms with Gasteiger partial charge in [-0.2, -0.15) is 0 Å². The van der Waals surface area contributed by atoms with E-state index >= 15 is 0 Å². The van der Waals surface area contributed by atoms with Gasteiger partial charge in [0.25, 0.3) is 0 Å². The van der Waals surface area contributed by atoms with Crippen molar-refractivity contribution in [1.82, 2.24) is 15.3 Å². The number of rotatable bonds is 5. The quantitative estimate of drug-likeness (QED) is 0.760. The van der Waals surface area contributed by atoms with Crippen molar-refractivity contribution in [3.05, 3.63) is 64.9 Å². The maximum Gasteiger partial charge on any atom is 0.224 e. The van der Waals surface area contributed by atoms with Crippen LogP contribution in [0.1, 0.15) is 11.1 Å². The molecule has 0 aliphatic carbocycles. The van der Waals surface area contributed by atoms with Crippen LogP contribution in [0, 0.1) is 0 Å². The second-order valence-electron chi connectivity index (χ2n) is 5.16. The molecule has 3 aromatic rings. The van der Waals surface area contributed by atoms with E-state index in [2.05, 4.69) is 15.3 Å². The molecule has 0 atom stereocenters. The fourth-order valence-corrected chi connectivity index (χ4v) is 2.59. The second kappa shape index (κ2) is 6.62. The normalized spacial score (nSPS) is 10.8. The van der Waals surface area contributed by atoms with Crippen LogP contribution in [0.15, 0.2) is 48.8 Å². The lowest BCUT2D eigenvalue weighted by Gasteiger charge is -2.06. The Hall–Kier alpha value is -2.33. The smallest absolute Gasteiger partial charge is 0.224 e. The first-order valence-electron chi connectivity index (χ1n) is 7.14. The number of amides is 1. The lowest BCUT2D eigenvalue weighted by atomic mass is 10.1. The van der Waals surface area contributed by atoms with Crippen LogP contribution in [0.2, 0.25) is 5.02 Å². The van der Waals surface area contributed by atoms with Gasteiger partial charge >= 0.3 is 0 Å². The standard InChI is InChI=1S/C17H16ClN3O/c18-14-3-1-2-12(8-14)6-7-19-17(22)10-13-4-5-15-16(9-13)21-11-20-15/h1-5,8-9,11H,6-7,10H2,(H,19,22)(H,20,21). The third kappa shape index (κ3) is 3.65. The molecule has 0 spiro atoms. The number of fused-ring (bicyclic) bond motifs is 1. The molecule has 2 N–H and O–H groups in total. The largest absolute Gasteiger partial charge is 0.355 e. The monoisotopic (exact) mass is 313 g/mol. The molecule has 1 aromatic heterocycles. The van der Waals surface area contributed by atoms with Crippen molar-refractivity contribution in [2.24, 2.45) is 0 Å². The highest BCUT2D eigenvalue weighted by Gasteiger charge is 2.05. The Bertz CT molecular complexity index is 797. The number of hydrogen-bond acceptors (Lipinski definition) is 2. The molecule has 1 amide bonds. The summed E-state index contributed by atoms with van der Waals surface area (Å²) in [5.41, 5.74) is 3.94. The first-order valence-corrected chi connectivity index (χ1v) is 7.52. The molecule has 0 aliphatic rings. The molecule has 0 unspecified atom stereocenters. The summed E-state index contributed by atoms with van der Waals surface area (Å²) in [5.74, 6) is 0.0147. The molecule has 0 fully saturated rings. The summed E-state index contributed by atoms with van der Waals surface area (Å²) < 4.78 is 0. The van der Waals surface area contributed by atoms with Crippen LogP contribution in [0.25, 0.3) is 11.0 Å². The van der Waals surface area contributed by atoms with Gasteiger partial charge in [-0.15, -0.1) is 0 Å². The minimum absolute atomic E-state index is 0.0147.